The van der Waals surface area contributed by atoms with Crippen LogP contribution in [0.4, 0.5) is 11.5 Å². The summed E-state index contributed by atoms with van der Waals surface area (Å²) in [4.78, 5) is 38.0. The van der Waals surface area contributed by atoms with Crippen LogP contribution in [-0.4, -0.2) is 58.6 Å². The molecule has 0 spiro atoms. The predicted molar refractivity (Wildman–Crippen MR) is 84.6 cm³/mol. The predicted octanol–water partition coefficient (Wildman–Crippen LogP) is -1.38. The van der Waals surface area contributed by atoms with Crippen LogP contribution in [0, 0.1) is 0 Å². The number of esters is 2. The van der Waals surface area contributed by atoms with Crippen molar-refractivity contribution in [1.82, 2.24) is 9.55 Å². The van der Waals surface area contributed by atoms with Crippen molar-refractivity contribution in [3.05, 3.63) is 16.7 Å². The number of hydrogen-bond donors (Lipinski definition) is 3. The average Bonchev–Trinajstić information content (AvgIpc) is 2.82. The minimum Gasteiger partial charge on any atom is -0.463 e. The highest BCUT2D eigenvalue weighted by Gasteiger charge is 2.48. The SMILES string of the molecule is CNc1cn([C@@H]2O[C@H](COC(C)=O)[C@@H](OC(C)=O)[C@@H]2O)c(=O)nc1N. The molecule has 0 unspecified atom stereocenters. The molecule has 1 aromatic rings. The number of hydrogen-bond acceptors (Lipinski definition) is 10. The average molecular weight is 356 g/mol. The second-order valence-corrected chi connectivity index (χ2v) is 5.41. The Kier molecular flexibility index (Phi) is 5.59. The van der Waals surface area contributed by atoms with Gasteiger partial charge in [-0.15, -0.1) is 0 Å². The lowest BCUT2D eigenvalue weighted by Gasteiger charge is -2.20. The number of aliphatic hydroxyl groups is 1. The van der Waals surface area contributed by atoms with Crippen LogP contribution in [0.3, 0.4) is 0 Å². The van der Waals surface area contributed by atoms with Crippen LogP contribution in [0.15, 0.2) is 11.0 Å². The Morgan fingerprint density at radius 2 is 2.12 bits per heavy atom. The molecule has 0 bridgehead atoms. The number of rotatable bonds is 5. The largest absolute Gasteiger partial charge is 0.463 e. The summed E-state index contributed by atoms with van der Waals surface area (Å²) in [6.45, 7) is 2.12. The third-order valence-electron chi connectivity index (χ3n) is 3.59. The summed E-state index contributed by atoms with van der Waals surface area (Å²) in [5.74, 6) is -1.23. The number of nitrogens with zero attached hydrogens (tertiary/aromatic N) is 2. The van der Waals surface area contributed by atoms with Gasteiger partial charge < -0.3 is 30.4 Å². The summed E-state index contributed by atoms with van der Waals surface area (Å²) in [5, 5.41) is 13.2. The molecule has 1 aliphatic rings. The van der Waals surface area contributed by atoms with Gasteiger partial charge >= 0.3 is 17.6 Å². The zero-order chi connectivity index (χ0) is 18.7. The lowest BCUT2D eigenvalue weighted by molar-refractivity contribution is -0.157. The van der Waals surface area contributed by atoms with E-state index in [0.717, 1.165) is 4.57 Å². The highest BCUT2D eigenvalue weighted by molar-refractivity contribution is 5.66. The zero-order valence-electron chi connectivity index (χ0n) is 14.0. The Balaban J connectivity index is 2.34. The molecule has 25 heavy (non-hydrogen) atoms. The highest BCUT2D eigenvalue weighted by Crippen LogP contribution is 2.31. The third kappa shape index (κ3) is 4.06. The van der Waals surface area contributed by atoms with Gasteiger partial charge in [-0.25, -0.2) is 4.79 Å². The highest BCUT2D eigenvalue weighted by atomic mass is 16.6. The number of carbonyl (C=O) groups is 2. The van der Waals surface area contributed by atoms with Crippen LogP contribution < -0.4 is 16.7 Å². The number of nitrogens with two attached hydrogens (primary N) is 1. The second kappa shape index (κ2) is 7.49. The van der Waals surface area contributed by atoms with Crippen LogP contribution >= 0.6 is 0 Å². The van der Waals surface area contributed by atoms with E-state index in [-0.39, 0.29) is 12.4 Å². The maximum absolute atomic E-state index is 12.1. The number of ether oxygens (including phenoxy) is 3. The molecule has 1 aromatic heterocycles. The Labute approximate surface area is 142 Å². The van der Waals surface area contributed by atoms with Gasteiger partial charge in [0.05, 0.1) is 5.69 Å². The van der Waals surface area contributed by atoms with Crippen molar-refractivity contribution in [3.8, 4) is 0 Å². The fourth-order valence-corrected chi connectivity index (χ4v) is 2.48. The van der Waals surface area contributed by atoms with Gasteiger partial charge in [0, 0.05) is 27.1 Å². The first kappa shape index (κ1) is 18.7. The number of aliphatic hydroxyl groups excluding tert-OH is 1. The van der Waals surface area contributed by atoms with Crippen molar-refractivity contribution in [1.29, 1.82) is 0 Å². The quantitative estimate of drug-likeness (QED) is 0.537. The van der Waals surface area contributed by atoms with E-state index in [2.05, 4.69) is 10.3 Å². The van der Waals surface area contributed by atoms with Crippen molar-refractivity contribution >= 4 is 23.4 Å². The van der Waals surface area contributed by atoms with Crippen LogP contribution in [-0.2, 0) is 23.8 Å². The second-order valence-electron chi connectivity index (χ2n) is 5.41. The fraction of sp³-hybridized carbons (Fsp3) is 0.571. The van der Waals surface area contributed by atoms with Gasteiger partial charge in [-0.1, -0.05) is 0 Å². The van der Waals surface area contributed by atoms with Crippen LogP contribution in [0.5, 0.6) is 0 Å². The van der Waals surface area contributed by atoms with E-state index < -0.39 is 42.2 Å². The normalized spacial score (nSPS) is 25.4. The summed E-state index contributed by atoms with van der Waals surface area (Å²) in [6.07, 6.45) is -3.31. The van der Waals surface area contributed by atoms with Gasteiger partial charge in [-0.05, 0) is 0 Å². The molecule has 1 aliphatic heterocycles. The zero-order valence-corrected chi connectivity index (χ0v) is 14.0. The molecule has 0 radical (unpaired) electrons. The molecule has 0 aliphatic carbocycles. The third-order valence-corrected chi connectivity index (χ3v) is 3.59. The lowest BCUT2D eigenvalue weighted by Crippen LogP contribution is -2.39. The minimum absolute atomic E-state index is 0.00997. The van der Waals surface area contributed by atoms with Gasteiger partial charge in [0.1, 0.15) is 18.8 Å². The number of nitrogen functional groups attached to an aromatic ring is 1. The molecule has 0 aromatic carbocycles. The smallest absolute Gasteiger partial charge is 0.351 e. The Bertz CT molecular complexity index is 720. The summed E-state index contributed by atoms with van der Waals surface area (Å²) in [6, 6.07) is 0. The van der Waals surface area contributed by atoms with E-state index >= 15 is 0 Å². The fourth-order valence-electron chi connectivity index (χ4n) is 2.48. The first-order chi connectivity index (χ1) is 11.7. The Morgan fingerprint density at radius 3 is 2.68 bits per heavy atom. The Hall–Kier alpha value is -2.66. The van der Waals surface area contributed by atoms with E-state index in [1.165, 1.54) is 20.0 Å². The van der Waals surface area contributed by atoms with E-state index in [1.807, 2.05) is 0 Å². The first-order valence-corrected chi connectivity index (χ1v) is 7.45. The topological polar surface area (TPSA) is 155 Å². The van der Waals surface area contributed by atoms with Gasteiger partial charge in [0.15, 0.2) is 18.1 Å². The minimum atomic E-state index is -1.38. The number of anilines is 2. The van der Waals surface area contributed by atoms with Gasteiger partial charge in [0.2, 0.25) is 0 Å². The molecule has 1 saturated heterocycles. The molecular weight excluding hydrogens is 336 g/mol. The lowest BCUT2D eigenvalue weighted by atomic mass is 10.1. The maximum atomic E-state index is 12.1. The summed E-state index contributed by atoms with van der Waals surface area (Å²) in [7, 11) is 1.58. The molecule has 2 heterocycles. The molecule has 4 atom stereocenters. The van der Waals surface area contributed by atoms with E-state index in [4.69, 9.17) is 19.9 Å². The van der Waals surface area contributed by atoms with Gasteiger partial charge in [0.25, 0.3) is 0 Å². The molecule has 2 rings (SSSR count). The molecular formula is C14H20N4O7. The van der Waals surface area contributed by atoms with E-state index in [9.17, 15) is 19.5 Å². The number of carbonyl (C=O) groups excluding carboxylic acids is 2. The van der Waals surface area contributed by atoms with Crippen molar-refractivity contribution in [2.24, 2.45) is 0 Å². The maximum Gasteiger partial charge on any atom is 0.351 e. The molecule has 0 amide bonds. The molecule has 4 N–H and O–H groups in total. The number of aromatic nitrogens is 2. The van der Waals surface area contributed by atoms with Crippen LogP contribution in [0.25, 0.3) is 0 Å². The van der Waals surface area contributed by atoms with E-state index in [0.29, 0.717) is 5.69 Å². The van der Waals surface area contributed by atoms with Crippen LogP contribution in [0.1, 0.15) is 20.1 Å². The van der Waals surface area contributed by atoms with Crippen LogP contribution in [0.2, 0.25) is 0 Å². The summed E-state index contributed by atoms with van der Waals surface area (Å²) in [5.41, 5.74) is 5.21. The van der Waals surface area contributed by atoms with Crippen molar-refractivity contribution in [2.45, 2.75) is 38.4 Å². The Morgan fingerprint density at radius 1 is 1.44 bits per heavy atom. The molecule has 1 fully saturated rings. The standard InChI is InChI=1S/C14H20N4O7/c1-6(19)23-5-9-11(24-7(2)20)10(21)13(25-9)18-4-8(16-3)12(15)17-14(18)22/h4,9-11,13,16,21H,5H2,1-3H3,(H2,15,17,22)/t9-,10+,11-,13-/m1/s1. The molecule has 11 heteroatoms. The molecule has 0 saturated carbocycles. The van der Waals surface area contributed by atoms with Gasteiger partial charge in [-0.3, -0.25) is 14.2 Å². The first-order valence-electron chi connectivity index (χ1n) is 7.45. The van der Waals surface area contributed by atoms with Crippen molar-refractivity contribution in [2.75, 3.05) is 24.7 Å². The number of nitrogens with one attached hydrogen (secondary N) is 1. The summed E-state index contributed by atoms with van der Waals surface area (Å²) < 4.78 is 16.5. The molecule has 11 nitrogen and oxygen atoms in total. The van der Waals surface area contributed by atoms with E-state index in [1.54, 1.807) is 7.05 Å². The monoisotopic (exact) mass is 356 g/mol. The molecule has 138 valence electrons. The summed E-state index contributed by atoms with van der Waals surface area (Å²) >= 11 is 0. The van der Waals surface area contributed by atoms with Gasteiger partial charge in [-0.2, -0.15) is 4.98 Å². The van der Waals surface area contributed by atoms with Crippen molar-refractivity contribution < 1.29 is 28.9 Å². The van der Waals surface area contributed by atoms with Crippen molar-refractivity contribution in [3.63, 3.8) is 0 Å².